The number of aromatic nitrogens is 2. The molecule has 2 rings (SSSR count). The Balaban J connectivity index is 2.45. The SMILES string of the molecule is Cc1nnc(Oc2ccc(F)c(Br)c2)c(C(N)=S)c1C. The van der Waals surface area contributed by atoms with Crippen LogP contribution >= 0.6 is 28.1 Å². The van der Waals surface area contributed by atoms with Gasteiger partial charge in [-0.2, -0.15) is 5.10 Å². The first kappa shape index (κ1) is 14.8. The maximum atomic E-state index is 13.2. The van der Waals surface area contributed by atoms with Crippen molar-refractivity contribution in [3.8, 4) is 11.6 Å². The number of rotatable bonds is 3. The molecule has 0 unspecified atom stereocenters. The van der Waals surface area contributed by atoms with Crippen molar-refractivity contribution in [3.63, 3.8) is 0 Å². The molecule has 20 heavy (non-hydrogen) atoms. The second-order valence-electron chi connectivity index (χ2n) is 4.13. The highest BCUT2D eigenvalue weighted by Crippen LogP contribution is 2.28. The highest BCUT2D eigenvalue weighted by Gasteiger charge is 2.16. The van der Waals surface area contributed by atoms with E-state index in [1.165, 1.54) is 18.2 Å². The number of ether oxygens (including phenoxy) is 1. The summed E-state index contributed by atoms with van der Waals surface area (Å²) in [6.45, 7) is 3.65. The number of hydrogen-bond donors (Lipinski definition) is 1. The van der Waals surface area contributed by atoms with Gasteiger partial charge in [0.25, 0.3) is 0 Å². The van der Waals surface area contributed by atoms with Crippen molar-refractivity contribution in [3.05, 3.63) is 45.3 Å². The van der Waals surface area contributed by atoms with Gasteiger partial charge in [0.1, 0.15) is 16.6 Å². The molecular weight excluding hydrogens is 345 g/mol. The van der Waals surface area contributed by atoms with Crippen LogP contribution in [0, 0.1) is 19.7 Å². The second kappa shape index (κ2) is 5.80. The molecule has 2 aromatic rings. The van der Waals surface area contributed by atoms with E-state index in [1.54, 1.807) is 0 Å². The van der Waals surface area contributed by atoms with E-state index in [2.05, 4.69) is 26.1 Å². The van der Waals surface area contributed by atoms with Crippen LogP contribution in [0.3, 0.4) is 0 Å². The summed E-state index contributed by atoms with van der Waals surface area (Å²) in [6, 6.07) is 4.27. The van der Waals surface area contributed by atoms with Gasteiger partial charge in [-0.1, -0.05) is 12.2 Å². The fourth-order valence-corrected chi connectivity index (χ4v) is 2.20. The maximum Gasteiger partial charge on any atom is 0.249 e. The molecule has 1 aromatic carbocycles. The summed E-state index contributed by atoms with van der Waals surface area (Å²) in [4.78, 5) is 0.177. The molecule has 0 spiro atoms. The zero-order chi connectivity index (χ0) is 14.9. The minimum atomic E-state index is -0.377. The molecule has 0 amide bonds. The van der Waals surface area contributed by atoms with Gasteiger partial charge in [0.2, 0.25) is 5.88 Å². The molecule has 0 radical (unpaired) electrons. The molecule has 0 bridgehead atoms. The lowest BCUT2D eigenvalue weighted by atomic mass is 10.1. The molecule has 0 aliphatic rings. The van der Waals surface area contributed by atoms with Crippen molar-refractivity contribution in [2.75, 3.05) is 0 Å². The standard InChI is InChI=1S/C13H11BrFN3OS/c1-6-7(2)17-18-13(11(6)12(16)20)19-8-3-4-10(15)9(14)5-8/h3-5H,1-2H3,(H2,16,20). The van der Waals surface area contributed by atoms with Crippen LogP contribution in [0.2, 0.25) is 0 Å². The van der Waals surface area contributed by atoms with Gasteiger partial charge >= 0.3 is 0 Å². The molecule has 4 nitrogen and oxygen atoms in total. The average Bonchev–Trinajstić information content (AvgIpc) is 2.38. The van der Waals surface area contributed by atoms with Gasteiger partial charge < -0.3 is 10.5 Å². The Labute approximate surface area is 129 Å². The third kappa shape index (κ3) is 2.94. The molecule has 1 heterocycles. The number of aryl methyl sites for hydroxylation is 1. The van der Waals surface area contributed by atoms with Crippen LogP contribution in [-0.2, 0) is 0 Å². The van der Waals surface area contributed by atoms with E-state index < -0.39 is 0 Å². The first-order valence-corrected chi connectivity index (χ1v) is 6.87. The number of thiocarbonyl (C=S) groups is 1. The molecule has 0 saturated carbocycles. The minimum absolute atomic E-state index is 0.177. The van der Waals surface area contributed by atoms with E-state index in [0.717, 1.165) is 11.3 Å². The third-order valence-electron chi connectivity index (χ3n) is 2.77. The van der Waals surface area contributed by atoms with E-state index in [1.807, 2.05) is 13.8 Å². The Morgan fingerprint density at radius 3 is 2.65 bits per heavy atom. The normalized spacial score (nSPS) is 10.4. The van der Waals surface area contributed by atoms with Gasteiger partial charge in [-0.15, -0.1) is 5.10 Å². The molecule has 0 fully saturated rings. The zero-order valence-corrected chi connectivity index (χ0v) is 13.2. The van der Waals surface area contributed by atoms with Crippen molar-refractivity contribution in [2.45, 2.75) is 13.8 Å². The van der Waals surface area contributed by atoms with E-state index in [0.29, 0.717) is 15.8 Å². The Kier molecular flexibility index (Phi) is 4.29. The van der Waals surface area contributed by atoms with Crippen LogP contribution in [0.5, 0.6) is 11.6 Å². The van der Waals surface area contributed by atoms with Gasteiger partial charge in [0, 0.05) is 0 Å². The molecule has 0 aliphatic heterocycles. The lowest BCUT2D eigenvalue weighted by Gasteiger charge is -2.12. The number of halogens is 2. The smallest absolute Gasteiger partial charge is 0.249 e. The quantitative estimate of drug-likeness (QED) is 0.854. The van der Waals surface area contributed by atoms with Crippen molar-refractivity contribution in [1.29, 1.82) is 0 Å². The van der Waals surface area contributed by atoms with Gasteiger partial charge in [-0.05, 0) is 53.5 Å². The number of nitrogens with zero attached hydrogens (tertiary/aromatic N) is 2. The number of hydrogen-bond acceptors (Lipinski definition) is 4. The average molecular weight is 356 g/mol. The molecule has 0 atom stereocenters. The molecule has 0 aliphatic carbocycles. The van der Waals surface area contributed by atoms with Gasteiger partial charge in [0.15, 0.2) is 0 Å². The van der Waals surface area contributed by atoms with E-state index in [-0.39, 0.29) is 16.7 Å². The fourth-order valence-electron chi connectivity index (χ4n) is 1.60. The molecule has 0 saturated heterocycles. The van der Waals surface area contributed by atoms with Crippen molar-refractivity contribution in [2.24, 2.45) is 5.73 Å². The topological polar surface area (TPSA) is 61.0 Å². The zero-order valence-electron chi connectivity index (χ0n) is 10.8. The summed E-state index contributed by atoms with van der Waals surface area (Å²) in [5.41, 5.74) is 7.77. The highest BCUT2D eigenvalue weighted by molar-refractivity contribution is 9.10. The lowest BCUT2D eigenvalue weighted by molar-refractivity contribution is 0.450. The van der Waals surface area contributed by atoms with E-state index >= 15 is 0 Å². The largest absolute Gasteiger partial charge is 0.437 e. The van der Waals surface area contributed by atoms with E-state index in [4.69, 9.17) is 22.7 Å². The fraction of sp³-hybridized carbons (Fsp3) is 0.154. The summed E-state index contributed by atoms with van der Waals surface area (Å²) >= 11 is 8.11. The van der Waals surface area contributed by atoms with Crippen molar-refractivity contribution in [1.82, 2.24) is 10.2 Å². The summed E-state index contributed by atoms with van der Waals surface area (Å²) < 4.78 is 19.1. The predicted molar refractivity (Wildman–Crippen MR) is 81.6 cm³/mol. The monoisotopic (exact) mass is 355 g/mol. The third-order valence-corrected chi connectivity index (χ3v) is 3.59. The van der Waals surface area contributed by atoms with Crippen LogP contribution in [-0.4, -0.2) is 15.2 Å². The first-order chi connectivity index (χ1) is 9.40. The number of benzene rings is 1. The lowest BCUT2D eigenvalue weighted by Crippen LogP contribution is -2.15. The minimum Gasteiger partial charge on any atom is -0.437 e. The van der Waals surface area contributed by atoms with Gasteiger partial charge in [-0.25, -0.2) is 4.39 Å². The summed E-state index contributed by atoms with van der Waals surface area (Å²) in [5, 5.41) is 7.94. The van der Waals surface area contributed by atoms with Crippen LogP contribution in [0.15, 0.2) is 22.7 Å². The summed E-state index contributed by atoms with van der Waals surface area (Å²) in [7, 11) is 0. The maximum absolute atomic E-state index is 13.2. The van der Waals surface area contributed by atoms with Crippen LogP contribution < -0.4 is 10.5 Å². The highest BCUT2D eigenvalue weighted by atomic mass is 79.9. The summed E-state index contributed by atoms with van der Waals surface area (Å²) in [5.74, 6) is 0.241. The molecule has 2 N–H and O–H groups in total. The Morgan fingerprint density at radius 2 is 2.05 bits per heavy atom. The van der Waals surface area contributed by atoms with Crippen LogP contribution in [0.25, 0.3) is 0 Å². The molecular formula is C13H11BrFN3OS. The first-order valence-electron chi connectivity index (χ1n) is 5.66. The Hall–Kier alpha value is -1.60. The van der Waals surface area contributed by atoms with Gasteiger partial charge in [0.05, 0.1) is 15.7 Å². The summed E-state index contributed by atoms with van der Waals surface area (Å²) in [6.07, 6.45) is 0. The van der Waals surface area contributed by atoms with Crippen molar-refractivity contribution >= 4 is 33.1 Å². The Bertz CT molecular complexity index is 694. The van der Waals surface area contributed by atoms with E-state index in [9.17, 15) is 4.39 Å². The Morgan fingerprint density at radius 1 is 1.35 bits per heavy atom. The molecule has 1 aromatic heterocycles. The number of nitrogens with two attached hydrogens (primary N) is 1. The molecule has 104 valence electrons. The van der Waals surface area contributed by atoms with Crippen molar-refractivity contribution < 1.29 is 9.13 Å². The van der Waals surface area contributed by atoms with Gasteiger partial charge in [-0.3, -0.25) is 0 Å². The van der Waals surface area contributed by atoms with Crippen LogP contribution in [0.4, 0.5) is 4.39 Å². The second-order valence-corrected chi connectivity index (χ2v) is 5.43. The predicted octanol–water partition coefficient (Wildman–Crippen LogP) is 3.42. The molecule has 7 heteroatoms. The van der Waals surface area contributed by atoms with Crippen LogP contribution in [0.1, 0.15) is 16.8 Å².